The lowest BCUT2D eigenvalue weighted by atomic mass is 10.2. The fraction of sp³-hybridized carbons (Fsp3) is 0.600. The van der Waals surface area contributed by atoms with Crippen molar-refractivity contribution < 1.29 is 5.11 Å². The largest absolute Gasteiger partial charge is 0.393 e. The zero-order chi connectivity index (χ0) is 13.4. The van der Waals surface area contributed by atoms with Gasteiger partial charge in [-0.2, -0.15) is 0 Å². The highest BCUT2D eigenvalue weighted by atomic mass is 16.3. The van der Waals surface area contributed by atoms with Crippen LogP contribution in [-0.2, 0) is 6.54 Å². The first-order valence-corrected chi connectivity index (χ1v) is 6.90. The minimum Gasteiger partial charge on any atom is -0.393 e. The molecule has 0 aromatic heterocycles. The van der Waals surface area contributed by atoms with Crippen LogP contribution in [0.1, 0.15) is 32.8 Å². The lowest BCUT2D eigenvalue weighted by Gasteiger charge is -2.21. The van der Waals surface area contributed by atoms with Crippen molar-refractivity contribution in [2.45, 2.75) is 39.8 Å². The number of benzene rings is 1. The molecule has 1 aromatic carbocycles. The molecule has 1 unspecified atom stereocenters. The van der Waals surface area contributed by atoms with Crippen molar-refractivity contribution in [3.63, 3.8) is 0 Å². The van der Waals surface area contributed by atoms with E-state index in [-0.39, 0.29) is 6.10 Å². The standard InChI is InChI=1S/C15H26N2O/c1-4-17(5-2)15-8-6-14(7-9-15)12-16-11-10-13(3)18/h6-9,13,16,18H,4-5,10-12H2,1-3H3. The van der Waals surface area contributed by atoms with E-state index >= 15 is 0 Å². The Morgan fingerprint density at radius 2 is 1.78 bits per heavy atom. The Morgan fingerprint density at radius 1 is 1.17 bits per heavy atom. The second kappa shape index (κ2) is 8.11. The van der Waals surface area contributed by atoms with Crippen LogP contribution >= 0.6 is 0 Å². The quantitative estimate of drug-likeness (QED) is 0.695. The minimum atomic E-state index is -0.220. The van der Waals surface area contributed by atoms with Crippen molar-refractivity contribution in [3.05, 3.63) is 29.8 Å². The number of hydrogen-bond donors (Lipinski definition) is 2. The fourth-order valence-electron chi connectivity index (χ4n) is 1.96. The molecule has 1 atom stereocenters. The van der Waals surface area contributed by atoms with Gasteiger partial charge in [0.05, 0.1) is 6.10 Å². The third-order valence-corrected chi connectivity index (χ3v) is 3.13. The van der Waals surface area contributed by atoms with E-state index in [4.69, 9.17) is 5.11 Å². The summed E-state index contributed by atoms with van der Waals surface area (Å²) < 4.78 is 0. The molecular weight excluding hydrogens is 224 g/mol. The van der Waals surface area contributed by atoms with Crippen molar-refractivity contribution in [1.29, 1.82) is 0 Å². The Hall–Kier alpha value is -1.06. The van der Waals surface area contributed by atoms with Gasteiger partial charge in [0, 0.05) is 25.3 Å². The third kappa shape index (κ3) is 5.07. The zero-order valence-corrected chi connectivity index (χ0v) is 11.8. The SMILES string of the molecule is CCN(CC)c1ccc(CNCCC(C)O)cc1. The van der Waals surface area contributed by atoms with Gasteiger partial charge in [0.15, 0.2) is 0 Å². The maximum atomic E-state index is 9.16. The number of nitrogens with zero attached hydrogens (tertiary/aromatic N) is 1. The van der Waals surface area contributed by atoms with Crippen LogP contribution < -0.4 is 10.2 Å². The van der Waals surface area contributed by atoms with Crippen molar-refractivity contribution in [1.82, 2.24) is 5.32 Å². The number of aliphatic hydroxyl groups excluding tert-OH is 1. The van der Waals surface area contributed by atoms with Crippen LogP contribution in [0.2, 0.25) is 0 Å². The molecule has 3 nitrogen and oxygen atoms in total. The number of rotatable bonds is 8. The second-order valence-corrected chi connectivity index (χ2v) is 4.65. The van der Waals surface area contributed by atoms with Crippen molar-refractivity contribution >= 4 is 5.69 Å². The smallest absolute Gasteiger partial charge is 0.0524 e. The molecule has 102 valence electrons. The normalized spacial score (nSPS) is 12.4. The first-order chi connectivity index (χ1) is 8.67. The van der Waals surface area contributed by atoms with E-state index in [1.54, 1.807) is 0 Å². The molecule has 0 saturated carbocycles. The van der Waals surface area contributed by atoms with Crippen LogP contribution in [0.3, 0.4) is 0 Å². The van der Waals surface area contributed by atoms with Crippen LogP contribution in [0.5, 0.6) is 0 Å². The van der Waals surface area contributed by atoms with Gasteiger partial charge in [0.2, 0.25) is 0 Å². The Bertz CT molecular complexity index is 318. The van der Waals surface area contributed by atoms with E-state index in [1.165, 1.54) is 11.3 Å². The predicted molar refractivity (Wildman–Crippen MR) is 78.0 cm³/mol. The van der Waals surface area contributed by atoms with Gasteiger partial charge in [0.1, 0.15) is 0 Å². The molecule has 0 bridgehead atoms. The van der Waals surface area contributed by atoms with Crippen molar-refractivity contribution in [3.8, 4) is 0 Å². The molecule has 1 rings (SSSR count). The van der Waals surface area contributed by atoms with Gasteiger partial charge < -0.3 is 15.3 Å². The summed E-state index contributed by atoms with van der Waals surface area (Å²) in [6.45, 7) is 9.98. The summed E-state index contributed by atoms with van der Waals surface area (Å²) in [5.41, 5.74) is 2.57. The summed E-state index contributed by atoms with van der Waals surface area (Å²) in [7, 11) is 0. The molecule has 0 heterocycles. The molecule has 0 fully saturated rings. The summed E-state index contributed by atoms with van der Waals surface area (Å²) >= 11 is 0. The molecule has 0 aliphatic carbocycles. The van der Waals surface area contributed by atoms with Gasteiger partial charge >= 0.3 is 0 Å². The Balaban J connectivity index is 2.40. The van der Waals surface area contributed by atoms with Gasteiger partial charge in [-0.1, -0.05) is 12.1 Å². The Labute approximate surface area is 111 Å². The summed E-state index contributed by atoms with van der Waals surface area (Å²) in [6, 6.07) is 8.70. The van der Waals surface area contributed by atoms with Crippen LogP contribution in [0.25, 0.3) is 0 Å². The van der Waals surface area contributed by atoms with Crippen LogP contribution in [0.15, 0.2) is 24.3 Å². The van der Waals surface area contributed by atoms with E-state index in [1.807, 2.05) is 6.92 Å². The number of aliphatic hydroxyl groups is 1. The molecule has 0 amide bonds. The highest BCUT2D eigenvalue weighted by Gasteiger charge is 2.01. The summed E-state index contributed by atoms with van der Waals surface area (Å²) in [4.78, 5) is 2.34. The van der Waals surface area contributed by atoms with Crippen LogP contribution in [0.4, 0.5) is 5.69 Å². The number of hydrogen-bond acceptors (Lipinski definition) is 3. The Kier molecular flexibility index (Phi) is 6.76. The Morgan fingerprint density at radius 3 is 2.28 bits per heavy atom. The molecule has 1 aromatic rings. The third-order valence-electron chi connectivity index (χ3n) is 3.13. The van der Waals surface area contributed by atoms with Crippen LogP contribution in [-0.4, -0.2) is 30.8 Å². The van der Waals surface area contributed by atoms with E-state index in [0.717, 1.165) is 32.6 Å². The van der Waals surface area contributed by atoms with Gasteiger partial charge in [0.25, 0.3) is 0 Å². The van der Waals surface area contributed by atoms with Gasteiger partial charge in [-0.05, 0) is 51.4 Å². The first kappa shape index (κ1) is 15.0. The van der Waals surface area contributed by atoms with E-state index in [0.29, 0.717) is 0 Å². The average molecular weight is 250 g/mol. The highest BCUT2D eigenvalue weighted by molar-refractivity contribution is 5.47. The van der Waals surface area contributed by atoms with Gasteiger partial charge in [-0.15, -0.1) is 0 Å². The molecule has 2 N–H and O–H groups in total. The predicted octanol–water partition coefficient (Wildman–Crippen LogP) is 2.39. The summed E-state index contributed by atoms with van der Waals surface area (Å²) in [5, 5.41) is 12.5. The molecule has 0 aliphatic heterocycles. The molecule has 3 heteroatoms. The molecule has 18 heavy (non-hydrogen) atoms. The summed E-state index contributed by atoms with van der Waals surface area (Å²) in [5.74, 6) is 0. The molecule has 0 aliphatic rings. The van der Waals surface area contributed by atoms with Gasteiger partial charge in [-0.25, -0.2) is 0 Å². The molecular formula is C15H26N2O. The average Bonchev–Trinajstić information content (AvgIpc) is 2.37. The maximum absolute atomic E-state index is 9.16. The fourth-order valence-corrected chi connectivity index (χ4v) is 1.96. The minimum absolute atomic E-state index is 0.220. The van der Waals surface area contributed by atoms with E-state index in [2.05, 4.69) is 48.3 Å². The number of anilines is 1. The summed E-state index contributed by atoms with van der Waals surface area (Å²) in [6.07, 6.45) is 0.583. The molecule has 0 spiro atoms. The molecule has 0 saturated heterocycles. The monoisotopic (exact) mass is 250 g/mol. The first-order valence-electron chi connectivity index (χ1n) is 6.90. The maximum Gasteiger partial charge on any atom is 0.0524 e. The van der Waals surface area contributed by atoms with Crippen LogP contribution in [0, 0.1) is 0 Å². The lowest BCUT2D eigenvalue weighted by Crippen LogP contribution is -2.22. The zero-order valence-electron chi connectivity index (χ0n) is 11.8. The van der Waals surface area contributed by atoms with E-state index in [9.17, 15) is 0 Å². The second-order valence-electron chi connectivity index (χ2n) is 4.65. The lowest BCUT2D eigenvalue weighted by molar-refractivity contribution is 0.183. The molecule has 0 radical (unpaired) electrons. The van der Waals surface area contributed by atoms with E-state index < -0.39 is 0 Å². The highest BCUT2D eigenvalue weighted by Crippen LogP contribution is 2.14. The topological polar surface area (TPSA) is 35.5 Å². The van der Waals surface area contributed by atoms with Crippen molar-refractivity contribution in [2.24, 2.45) is 0 Å². The number of nitrogens with one attached hydrogen (secondary N) is 1. The van der Waals surface area contributed by atoms with Crippen molar-refractivity contribution in [2.75, 3.05) is 24.5 Å². The van der Waals surface area contributed by atoms with Gasteiger partial charge in [-0.3, -0.25) is 0 Å².